The Morgan fingerprint density at radius 1 is 0.938 bits per heavy atom. The van der Waals surface area contributed by atoms with Crippen LogP contribution >= 0.6 is 0 Å². The number of para-hydroxylation sites is 2. The summed E-state index contributed by atoms with van der Waals surface area (Å²) in [6, 6.07) is 19.5. The molecule has 0 fully saturated rings. The molecule has 0 unspecified atom stereocenters. The van der Waals surface area contributed by atoms with Crippen LogP contribution in [0.2, 0.25) is 0 Å². The zero-order chi connectivity index (χ0) is 21.9. The van der Waals surface area contributed by atoms with Crippen molar-refractivity contribution in [2.45, 2.75) is 6.54 Å². The van der Waals surface area contributed by atoms with E-state index in [1.807, 2.05) is 6.07 Å². The summed E-state index contributed by atoms with van der Waals surface area (Å²) < 4.78 is 8.07. The van der Waals surface area contributed by atoms with Crippen molar-refractivity contribution in [1.82, 2.24) is 24.5 Å². The molecule has 10 nitrogen and oxygen atoms in total. The van der Waals surface area contributed by atoms with Crippen LogP contribution in [0.3, 0.4) is 0 Å². The first kappa shape index (κ1) is 19.2. The molecule has 5 aromatic rings. The average molecular weight is 427 g/mol. The lowest BCUT2D eigenvalue weighted by Crippen LogP contribution is -2.24. The van der Waals surface area contributed by atoms with Crippen molar-refractivity contribution in [2.75, 3.05) is 10.6 Å². The van der Waals surface area contributed by atoms with Crippen molar-refractivity contribution >= 4 is 34.2 Å². The Hall–Kier alpha value is -4.73. The maximum atomic E-state index is 12.4. The van der Waals surface area contributed by atoms with Gasteiger partial charge in [-0.15, -0.1) is 10.2 Å². The second kappa shape index (κ2) is 8.19. The Balaban J connectivity index is 1.22. The largest absolute Gasteiger partial charge is 0.420 e. The minimum Gasteiger partial charge on any atom is -0.408 e. The standard InChI is InChI=1S/C22H17N7O3/c30-21(14-28-17-4-1-2-5-18(17)32-22(28)31)25-16-8-6-15(7-9-16)24-19-10-11-20(27-26-19)29-13-3-12-23-29/h1-13H,14H2,(H,24,26)(H,25,30). The quantitative estimate of drug-likeness (QED) is 0.427. The first-order valence-corrected chi connectivity index (χ1v) is 9.75. The van der Waals surface area contributed by atoms with E-state index in [9.17, 15) is 9.59 Å². The summed E-state index contributed by atoms with van der Waals surface area (Å²) >= 11 is 0. The van der Waals surface area contributed by atoms with E-state index < -0.39 is 5.76 Å². The van der Waals surface area contributed by atoms with Gasteiger partial charge in [0, 0.05) is 23.8 Å². The summed E-state index contributed by atoms with van der Waals surface area (Å²) in [7, 11) is 0. The van der Waals surface area contributed by atoms with Crippen LogP contribution < -0.4 is 16.4 Å². The second-order valence-corrected chi connectivity index (χ2v) is 6.90. The number of hydrogen-bond donors (Lipinski definition) is 2. The van der Waals surface area contributed by atoms with Crippen LogP contribution in [0.25, 0.3) is 16.9 Å². The zero-order valence-electron chi connectivity index (χ0n) is 16.7. The van der Waals surface area contributed by atoms with Crippen LogP contribution in [-0.2, 0) is 11.3 Å². The van der Waals surface area contributed by atoms with E-state index in [4.69, 9.17) is 4.42 Å². The normalized spacial score (nSPS) is 10.9. The number of oxazole rings is 1. The molecule has 0 saturated carbocycles. The van der Waals surface area contributed by atoms with Gasteiger partial charge in [-0.3, -0.25) is 9.36 Å². The van der Waals surface area contributed by atoms with E-state index in [2.05, 4.69) is 25.9 Å². The Kier molecular flexibility index (Phi) is 4.92. The number of benzene rings is 2. The van der Waals surface area contributed by atoms with Crippen molar-refractivity contribution in [3.05, 3.63) is 89.7 Å². The van der Waals surface area contributed by atoms with Gasteiger partial charge >= 0.3 is 5.76 Å². The molecule has 3 aromatic heterocycles. The van der Waals surface area contributed by atoms with Crippen LogP contribution in [0.15, 0.2) is 88.3 Å². The molecule has 10 heteroatoms. The number of anilines is 3. The Labute approximate surface area is 181 Å². The number of hydrogen-bond acceptors (Lipinski definition) is 7. The lowest BCUT2D eigenvalue weighted by atomic mass is 10.2. The fourth-order valence-electron chi connectivity index (χ4n) is 3.21. The predicted octanol–water partition coefficient (Wildman–Crippen LogP) is 2.95. The minimum absolute atomic E-state index is 0.145. The SMILES string of the molecule is O=C(Cn1c(=O)oc2ccccc21)Nc1ccc(Nc2ccc(-n3cccn3)nn2)cc1. The summed E-state index contributed by atoms with van der Waals surface area (Å²) in [6.45, 7) is -0.145. The maximum absolute atomic E-state index is 12.4. The van der Waals surface area contributed by atoms with Gasteiger partial charge < -0.3 is 15.1 Å². The number of carbonyl (C=O) groups excluding carboxylic acids is 1. The van der Waals surface area contributed by atoms with E-state index in [-0.39, 0.29) is 12.5 Å². The molecular weight excluding hydrogens is 410 g/mol. The monoisotopic (exact) mass is 427 g/mol. The summed E-state index contributed by atoms with van der Waals surface area (Å²) in [5, 5.41) is 18.3. The second-order valence-electron chi connectivity index (χ2n) is 6.90. The molecule has 2 N–H and O–H groups in total. The van der Waals surface area contributed by atoms with Crippen LogP contribution in [-0.4, -0.2) is 30.5 Å². The fourth-order valence-corrected chi connectivity index (χ4v) is 3.21. The highest BCUT2D eigenvalue weighted by atomic mass is 16.4. The third kappa shape index (κ3) is 3.97. The molecule has 2 aromatic carbocycles. The highest BCUT2D eigenvalue weighted by Crippen LogP contribution is 2.18. The molecule has 0 spiro atoms. The first-order valence-electron chi connectivity index (χ1n) is 9.75. The molecule has 0 aliphatic carbocycles. The average Bonchev–Trinajstić information content (AvgIpc) is 3.44. The summed E-state index contributed by atoms with van der Waals surface area (Å²) in [5.74, 6) is 0.284. The molecule has 0 aliphatic heterocycles. The molecule has 0 atom stereocenters. The van der Waals surface area contributed by atoms with Crippen molar-refractivity contribution in [3.8, 4) is 5.82 Å². The van der Waals surface area contributed by atoms with Crippen molar-refractivity contribution in [2.24, 2.45) is 0 Å². The molecule has 1 amide bonds. The topological polar surface area (TPSA) is 120 Å². The Morgan fingerprint density at radius 3 is 2.50 bits per heavy atom. The molecular formula is C22H17N7O3. The van der Waals surface area contributed by atoms with Gasteiger partial charge in [-0.2, -0.15) is 5.10 Å². The third-order valence-electron chi connectivity index (χ3n) is 4.71. The highest BCUT2D eigenvalue weighted by molar-refractivity contribution is 5.91. The van der Waals surface area contributed by atoms with E-state index in [1.165, 1.54) is 4.57 Å². The number of carbonyl (C=O) groups is 1. The molecule has 158 valence electrons. The van der Waals surface area contributed by atoms with Crippen molar-refractivity contribution < 1.29 is 9.21 Å². The highest BCUT2D eigenvalue weighted by Gasteiger charge is 2.12. The Morgan fingerprint density at radius 2 is 1.75 bits per heavy atom. The molecule has 3 heterocycles. The molecule has 5 rings (SSSR count). The van der Waals surface area contributed by atoms with E-state index in [0.717, 1.165) is 5.69 Å². The smallest absolute Gasteiger partial charge is 0.408 e. The maximum Gasteiger partial charge on any atom is 0.420 e. The van der Waals surface area contributed by atoms with Crippen LogP contribution in [0.1, 0.15) is 0 Å². The van der Waals surface area contributed by atoms with Gasteiger partial charge in [0.1, 0.15) is 6.54 Å². The van der Waals surface area contributed by atoms with Gasteiger partial charge in [-0.05, 0) is 54.6 Å². The van der Waals surface area contributed by atoms with E-state index >= 15 is 0 Å². The van der Waals surface area contributed by atoms with Crippen LogP contribution in [0.4, 0.5) is 17.2 Å². The number of aromatic nitrogens is 5. The van der Waals surface area contributed by atoms with Gasteiger partial charge in [-0.25, -0.2) is 9.48 Å². The van der Waals surface area contributed by atoms with Crippen LogP contribution in [0, 0.1) is 0 Å². The van der Waals surface area contributed by atoms with Gasteiger partial charge in [0.15, 0.2) is 17.2 Å². The van der Waals surface area contributed by atoms with Gasteiger partial charge in [0.25, 0.3) is 0 Å². The number of nitrogens with one attached hydrogen (secondary N) is 2. The molecule has 0 aliphatic rings. The number of nitrogens with zero attached hydrogens (tertiary/aromatic N) is 5. The lowest BCUT2D eigenvalue weighted by molar-refractivity contribution is -0.116. The number of amides is 1. The first-order chi connectivity index (χ1) is 15.7. The molecule has 0 bridgehead atoms. The van der Waals surface area contributed by atoms with Crippen molar-refractivity contribution in [3.63, 3.8) is 0 Å². The predicted molar refractivity (Wildman–Crippen MR) is 118 cm³/mol. The Bertz CT molecular complexity index is 1420. The third-order valence-corrected chi connectivity index (χ3v) is 4.71. The van der Waals surface area contributed by atoms with Gasteiger partial charge in [0.2, 0.25) is 5.91 Å². The lowest BCUT2D eigenvalue weighted by Gasteiger charge is -2.09. The molecule has 32 heavy (non-hydrogen) atoms. The van der Waals surface area contributed by atoms with Gasteiger partial charge in [-0.1, -0.05) is 12.1 Å². The molecule has 0 radical (unpaired) electrons. The summed E-state index contributed by atoms with van der Waals surface area (Å²) in [4.78, 5) is 24.5. The van der Waals surface area contributed by atoms with E-state index in [0.29, 0.717) is 28.4 Å². The number of rotatable bonds is 6. The van der Waals surface area contributed by atoms with Crippen LogP contribution in [0.5, 0.6) is 0 Å². The van der Waals surface area contributed by atoms with Crippen molar-refractivity contribution in [1.29, 1.82) is 0 Å². The summed E-state index contributed by atoms with van der Waals surface area (Å²) in [5.41, 5.74) is 2.40. The van der Waals surface area contributed by atoms with Gasteiger partial charge in [0.05, 0.1) is 5.52 Å². The summed E-state index contributed by atoms with van der Waals surface area (Å²) in [6.07, 6.45) is 3.46. The molecule has 0 saturated heterocycles. The fraction of sp³-hybridized carbons (Fsp3) is 0.0455. The number of fused-ring (bicyclic) bond motifs is 1. The minimum atomic E-state index is -0.569. The van der Waals surface area contributed by atoms with E-state index in [1.54, 1.807) is 77.7 Å². The zero-order valence-corrected chi connectivity index (χ0v) is 16.7.